The van der Waals surface area contributed by atoms with E-state index in [0.29, 0.717) is 16.9 Å². The molecule has 186 valence electrons. The number of rotatable bonds is 10. The van der Waals surface area contributed by atoms with Crippen molar-refractivity contribution < 1.29 is 14.3 Å². The fourth-order valence-corrected chi connectivity index (χ4v) is 4.53. The van der Waals surface area contributed by atoms with Gasteiger partial charge in [-0.05, 0) is 60.7 Å². The monoisotopic (exact) mass is 559 g/mol. The molecule has 0 unspecified atom stereocenters. The highest BCUT2D eigenvalue weighted by Crippen LogP contribution is 2.27. The average molecular weight is 561 g/mol. The van der Waals surface area contributed by atoms with Crippen LogP contribution in [-0.2, 0) is 23.2 Å². The second-order valence-electron chi connectivity index (χ2n) is 8.52. The van der Waals surface area contributed by atoms with E-state index in [-0.39, 0.29) is 30.7 Å². The molecule has 35 heavy (non-hydrogen) atoms. The molecule has 2 amide bonds. The topological polar surface area (TPSA) is 98.1 Å². The Hall–Kier alpha value is -2.85. The van der Waals surface area contributed by atoms with Gasteiger partial charge in [0, 0.05) is 17.2 Å². The second kappa shape index (κ2) is 12.2. The lowest BCUT2D eigenvalue weighted by molar-refractivity contribution is -0.123. The lowest BCUT2D eigenvalue weighted by Gasteiger charge is -2.14. The zero-order valence-corrected chi connectivity index (χ0v) is 22.9. The molecular formula is C25H30BrN5O3S. The van der Waals surface area contributed by atoms with Gasteiger partial charge in [-0.15, -0.1) is 10.2 Å². The fraction of sp³-hybridized carbons (Fsp3) is 0.360. The molecule has 0 aliphatic carbocycles. The van der Waals surface area contributed by atoms with E-state index in [1.165, 1.54) is 11.8 Å². The summed E-state index contributed by atoms with van der Waals surface area (Å²) >= 11 is 4.70. The van der Waals surface area contributed by atoms with Crippen molar-refractivity contribution in [1.29, 1.82) is 0 Å². The second-order valence-corrected chi connectivity index (χ2v) is 10.4. The standard InChI is InChI=1S/C25H30BrN5O3S/c1-15(2)19-8-6-16(3)10-21(19)34-13-23(32)27-12-22-29-30-25(31(22)5)35-14-24(33)28-20-9-7-18(26)11-17(20)4/h6-11,15H,12-14H2,1-5H3,(H,27,32)(H,28,33). The van der Waals surface area contributed by atoms with Gasteiger partial charge < -0.3 is 19.9 Å². The first kappa shape index (κ1) is 26.7. The summed E-state index contributed by atoms with van der Waals surface area (Å²) in [7, 11) is 1.80. The lowest BCUT2D eigenvalue weighted by Crippen LogP contribution is -2.29. The lowest BCUT2D eigenvalue weighted by atomic mass is 10.0. The number of benzene rings is 2. The van der Waals surface area contributed by atoms with Gasteiger partial charge >= 0.3 is 0 Å². The Morgan fingerprint density at radius 2 is 1.89 bits per heavy atom. The van der Waals surface area contributed by atoms with Crippen molar-refractivity contribution in [1.82, 2.24) is 20.1 Å². The number of hydrogen-bond donors (Lipinski definition) is 2. The van der Waals surface area contributed by atoms with E-state index in [0.717, 1.165) is 32.6 Å². The third-order valence-electron chi connectivity index (χ3n) is 5.31. The molecule has 0 saturated heterocycles. The van der Waals surface area contributed by atoms with Gasteiger partial charge in [0.15, 0.2) is 17.6 Å². The van der Waals surface area contributed by atoms with E-state index in [9.17, 15) is 9.59 Å². The van der Waals surface area contributed by atoms with Gasteiger partial charge in [0.25, 0.3) is 5.91 Å². The molecule has 0 aliphatic heterocycles. The Morgan fingerprint density at radius 1 is 1.11 bits per heavy atom. The van der Waals surface area contributed by atoms with Crippen LogP contribution < -0.4 is 15.4 Å². The van der Waals surface area contributed by atoms with E-state index in [2.05, 4.69) is 50.6 Å². The Morgan fingerprint density at radius 3 is 2.60 bits per heavy atom. The van der Waals surface area contributed by atoms with Gasteiger partial charge in [0.2, 0.25) is 5.91 Å². The van der Waals surface area contributed by atoms with E-state index in [4.69, 9.17) is 4.74 Å². The molecule has 1 aromatic heterocycles. The highest BCUT2D eigenvalue weighted by Gasteiger charge is 2.14. The number of aromatic nitrogens is 3. The summed E-state index contributed by atoms with van der Waals surface area (Å²) in [5.74, 6) is 1.42. The van der Waals surface area contributed by atoms with E-state index in [1.54, 1.807) is 11.6 Å². The fourth-order valence-electron chi connectivity index (χ4n) is 3.32. The molecule has 3 rings (SSSR count). The number of amides is 2. The Bertz CT molecular complexity index is 1210. The molecule has 8 nitrogen and oxygen atoms in total. The number of halogens is 1. The Balaban J connectivity index is 1.48. The third kappa shape index (κ3) is 7.57. The smallest absolute Gasteiger partial charge is 0.258 e. The Kier molecular flexibility index (Phi) is 9.33. The minimum Gasteiger partial charge on any atom is -0.483 e. The molecule has 0 saturated carbocycles. The molecule has 3 aromatic rings. The van der Waals surface area contributed by atoms with Crippen LogP contribution in [0.1, 0.15) is 42.3 Å². The zero-order valence-electron chi connectivity index (χ0n) is 20.5. The number of ether oxygens (including phenoxy) is 1. The summed E-state index contributed by atoms with van der Waals surface area (Å²) in [5, 5.41) is 14.6. The number of carbonyl (C=O) groups is 2. The third-order valence-corrected chi connectivity index (χ3v) is 6.83. The largest absolute Gasteiger partial charge is 0.483 e. The molecule has 0 bridgehead atoms. The molecule has 2 aromatic carbocycles. The minimum absolute atomic E-state index is 0.0850. The summed E-state index contributed by atoms with van der Waals surface area (Å²) in [6, 6.07) is 11.7. The zero-order chi connectivity index (χ0) is 25.5. The van der Waals surface area contributed by atoms with Gasteiger partial charge in [0.05, 0.1) is 12.3 Å². The molecule has 1 heterocycles. The van der Waals surface area contributed by atoms with E-state index >= 15 is 0 Å². The molecule has 0 radical (unpaired) electrons. The van der Waals surface area contributed by atoms with Crippen molar-refractivity contribution in [2.24, 2.45) is 7.05 Å². The van der Waals surface area contributed by atoms with Crippen LogP contribution in [0.4, 0.5) is 5.69 Å². The van der Waals surface area contributed by atoms with Crippen LogP contribution in [0.2, 0.25) is 0 Å². The number of thioether (sulfide) groups is 1. The molecule has 0 aliphatic rings. The molecule has 10 heteroatoms. The highest BCUT2D eigenvalue weighted by atomic mass is 79.9. The molecule has 0 spiro atoms. The first-order valence-electron chi connectivity index (χ1n) is 11.2. The van der Waals surface area contributed by atoms with Crippen LogP contribution in [0, 0.1) is 13.8 Å². The SMILES string of the molecule is Cc1ccc(C(C)C)c(OCC(=O)NCc2nnc(SCC(=O)Nc3ccc(Br)cc3C)n2C)c1. The predicted octanol–water partition coefficient (Wildman–Crippen LogP) is 4.74. The van der Waals surface area contributed by atoms with Crippen LogP contribution in [0.3, 0.4) is 0 Å². The summed E-state index contributed by atoms with van der Waals surface area (Å²) < 4.78 is 8.51. The van der Waals surface area contributed by atoms with Crippen molar-refractivity contribution in [3.8, 4) is 5.75 Å². The van der Waals surface area contributed by atoms with Gasteiger partial charge in [-0.1, -0.05) is 53.7 Å². The van der Waals surface area contributed by atoms with Crippen LogP contribution >= 0.6 is 27.7 Å². The Labute approximate surface area is 218 Å². The van der Waals surface area contributed by atoms with Crippen molar-refractivity contribution in [3.05, 3.63) is 63.4 Å². The van der Waals surface area contributed by atoms with Crippen molar-refractivity contribution in [2.45, 2.75) is 45.3 Å². The number of nitrogens with one attached hydrogen (secondary N) is 2. The quantitative estimate of drug-likeness (QED) is 0.348. The van der Waals surface area contributed by atoms with E-state index < -0.39 is 0 Å². The summed E-state index contributed by atoms with van der Waals surface area (Å²) in [6.07, 6.45) is 0. The van der Waals surface area contributed by atoms with Crippen molar-refractivity contribution in [3.63, 3.8) is 0 Å². The maximum atomic E-state index is 12.4. The molecule has 0 atom stereocenters. The minimum atomic E-state index is -0.248. The predicted molar refractivity (Wildman–Crippen MR) is 142 cm³/mol. The van der Waals surface area contributed by atoms with E-state index in [1.807, 2.05) is 50.2 Å². The highest BCUT2D eigenvalue weighted by molar-refractivity contribution is 9.10. The van der Waals surface area contributed by atoms with Crippen molar-refractivity contribution in [2.75, 3.05) is 17.7 Å². The number of aryl methyl sites for hydroxylation is 2. The van der Waals surface area contributed by atoms with Gasteiger partial charge in [0.1, 0.15) is 5.75 Å². The van der Waals surface area contributed by atoms with Gasteiger partial charge in [-0.3, -0.25) is 9.59 Å². The van der Waals surface area contributed by atoms with Crippen LogP contribution in [0.5, 0.6) is 5.75 Å². The number of hydrogen-bond acceptors (Lipinski definition) is 6. The first-order chi connectivity index (χ1) is 16.6. The number of anilines is 1. The van der Waals surface area contributed by atoms with Crippen LogP contribution in [0.25, 0.3) is 0 Å². The van der Waals surface area contributed by atoms with Crippen molar-refractivity contribution >= 4 is 45.2 Å². The maximum Gasteiger partial charge on any atom is 0.258 e. The first-order valence-corrected chi connectivity index (χ1v) is 13.0. The summed E-state index contributed by atoms with van der Waals surface area (Å²) in [4.78, 5) is 24.7. The van der Waals surface area contributed by atoms with Crippen LogP contribution in [-0.4, -0.2) is 38.9 Å². The normalized spacial score (nSPS) is 10.9. The van der Waals surface area contributed by atoms with Crippen LogP contribution in [0.15, 0.2) is 46.0 Å². The number of carbonyl (C=O) groups excluding carboxylic acids is 2. The van der Waals surface area contributed by atoms with Gasteiger partial charge in [-0.2, -0.15) is 0 Å². The molecule has 2 N–H and O–H groups in total. The molecular weight excluding hydrogens is 530 g/mol. The summed E-state index contributed by atoms with van der Waals surface area (Å²) in [5.41, 5.74) is 3.89. The molecule has 0 fully saturated rings. The number of nitrogens with zero attached hydrogens (tertiary/aromatic N) is 3. The average Bonchev–Trinajstić information content (AvgIpc) is 3.15. The summed E-state index contributed by atoms with van der Waals surface area (Å²) in [6.45, 7) is 8.23. The van der Waals surface area contributed by atoms with Gasteiger partial charge in [-0.25, -0.2) is 0 Å². The maximum absolute atomic E-state index is 12.4.